The van der Waals surface area contributed by atoms with E-state index in [4.69, 9.17) is 30.6 Å². The lowest BCUT2D eigenvalue weighted by atomic mass is 9.72. The predicted octanol–water partition coefficient (Wildman–Crippen LogP) is 10.2. The molecule has 1 aliphatic carbocycles. The Morgan fingerprint density at radius 1 is 1.00 bits per heavy atom. The highest BCUT2D eigenvalue weighted by atomic mass is 35.5. The fourth-order valence-corrected chi connectivity index (χ4v) is 13.6. The number of ether oxygens (including phenoxy) is 2. The molecule has 3 aliphatic heterocycles. The lowest BCUT2D eigenvalue weighted by Crippen LogP contribution is -2.47. The Hall–Kier alpha value is -5.82. The van der Waals surface area contributed by atoms with Gasteiger partial charge in [0.25, 0.3) is 29.3 Å². The standard InChI is InChI=1S/C54H66ClN8O10PS/c1-53(2,3)52(65)72-35-73-74(68)27-17-36(18-28-74)33-57-45-14-12-42(31-47(45)63(66)67)75(69,70)59-50(64)43-13-11-41(30-46(43)62-21-6-26-71-51-48(62)29-38-16-20-56-49(38)58-51)61-24-22-60(23-25-61)34-39-15-19-54(4,5)32-44(39)37-7-9-40(55)10-8-37/h7-14,16,20,29-31,36,57,68H,6,15,17-19,21-28,32-35H2,1-5H3,(H-,56,58,59,64)/p+1. The highest BCUT2D eigenvalue weighted by molar-refractivity contribution is 7.90. The Morgan fingerprint density at radius 2 is 1.75 bits per heavy atom. The summed E-state index contributed by atoms with van der Waals surface area (Å²) in [6.07, 6.45) is 7.38. The third-order valence-corrected chi connectivity index (χ3v) is 18.8. The van der Waals surface area contributed by atoms with Crippen LogP contribution in [-0.4, -0.2) is 117 Å². The van der Waals surface area contributed by atoms with Crippen molar-refractivity contribution in [3.05, 3.63) is 111 Å². The number of hydrogen-bond acceptors (Lipinski definition) is 15. The van der Waals surface area contributed by atoms with Crippen molar-refractivity contribution < 1.29 is 41.8 Å². The summed E-state index contributed by atoms with van der Waals surface area (Å²) in [5.41, 5.74) is 5.88. The molecule has 9 rings (SSSR count). The SMILES string of the molecule is CC1(C)CCC(CN2CCN(c3ccc(C(=O)NS(=O)(=O)c4ccc(NCC5CC[P+](O)(OCOC(=O)C(C)(C)C)CC5)c([N+](=O)[O-])c4)c(N4CCCOc5nc6[nH]ccc6cc54)c3)CC2)=C(c2ccc(Cl)cc2)C1. The van der Waals surface area contributed by atoms with Crippen LogP contribution in [-0.2, 0) is 24.1 Å². The number of aromatic nitrogens is 2. The molecule has 75 heavy (non-hydrogen) atoms. The van der Waals surface area contributed by atoms with Crippen LogP contribution in [0, 0.1) is 26.9 Å². The van der Waals surface area contributed by atoms with Gasteiger partial charge in [0.15, 0.2) is 0 Å². The molecule has 2 aromatic heterocycles. The number of H-pyrrole nitrogens is 1. The van der Waals surface area contributed by atoms with Gasteiger partial charge in [0.05, 0.1) is 33.1 Å². The molecule has 0 atom stereocenters. The van der Waals surface area contributed by atoms with Crippen LogP contribution in [0.25, 0.3) is 16.6 Å². The molecule has 2 fully saturated rings. The highest BCUT2D eigenvalue weighted by Gasteiger charge is 2.43. The largest absolute Gasteiger partial charge is 0.476 e. The van der Waals surface area contributed by atoms with Crippen LogP contribution in [0.1, 0.15) is 89.1 Å². The van der Waals surface area contributed by atoms with Gasteiger partial charge in [-0.1, -0.05) is 43.2 Å². The summed E-state index contributed by atoms with van der Waals surface area (Å²) < 4.78 is 47.4. The van der Waals surface area contributed by atoms with Crippen molar-refractivity contribution in [1.29, 1.82) is 0 Å². The molecule has 0 spiro atoms. The van der Waals surface area contributed by atoms with Gasteiger partial charge in [-0.25, -0.2) is 18.0 Å². The van der Waals surface area contributed by atoms with Crippen LogP contribution < -0.4 is 24.6 Å². The minimum Gasteiger partial charge on any atom is -0.476 e. The fraction of sp³-hybridized carbons (Fsp3) is 0.463. The van der Waals surface area contributed by atoms with Crippen LogP contribution in [0.5, 0.6) is 5.88 Å². The number of nitro benzene ring substituents is 1. The van der Waals surface area contributed by atoms with E-state index in [0.29, 0.717) is 74.2 Å². The molecule has 18 nitrogen and oxygen atoms in total. The molecular formula is C54H67ClN8O10PS+. The van der Waals surface area contributed by atoms with Crippen molar-refractivity contribution in [1.82, 2.24) is 19.6 Å². The van der Waals surface area contributed by atoms with E-state index in [-0.39, 0.29) is 29.4 Å². The first-order valence-electron chi connectivity index (χ1n) is 25.6. The second-order valence-electron chi connectivity index (χ2n) is 21.9. The zero-order valence-electron chi connectivity index (χ0n) is 43.2. The van der Waals surface area contributed by atoms with Crippen LogP contribution in [0.15, 0.2) is 89.5 Å². The van der Waals surface area contributed by atoms with Gasteiger partial charge >= 0.3 is 5.97 Å². The second-order valence-corrected chi connectivity index (χ2v) is 26.9. The molecule has 4 aliphatic rings. The second kappa shape index (κ2) is 22.0. The molecule has 3 aromatic carbocycles. The van der Waals surface area contributed by atoms with Gasteiger partial charge in [-0.2, -0.15) is 9.51 Å². The van der Waals surface area contributed by atoms with E-state index < -0.39 is 50.5 Å². The first-order valence-corrected chi connectivity index (χ1v) is 29.5. The van der Waals surface area contributed by atoms with E-state index in [9.17, 15) is 33.0 Å². The average Bonchev–Trinajstić information content (AvgIpc) is 3.74. The topological polar surface area (TPSA) is 222 Å². The zero-order chi connectivity index (χ0) is 53.3. The first-order chi connectivity index (χ1) is 35.6. The van der Waals surface area contributed by atoms with Crippen molar-refractivity contribution in [2.24, 2.45) is 16.7 Å². The number of carbonyl (C=O) groups is 2. The van der Waals surface area contributed by atoms with E-state index in [1.807, 2.05) is 41.3 Å². The molecule has 0 bridgehead atoms. The molecule has 0 saturated carbocycles. The summed E-state index contributed by atoms with van der Waals surface area (Å²) in [6.45, 7) is 14.6. The monoisotopic (exact) mass is 1090 g/mol. The minimum absolute atomic E-state index is 0.0259. The number of nitrogens with zero attached hydrogens (tertiary/aromatic N) is 5. The fourth-order valence-electron chi connectivity index (χ4n) is 10.3. The number of piperazine rings is 1. The van der Waals surface area contributed by atoms with Crippen LogP contribution in [0.4, 0.5) is 28.4 Å². The summed E-state index contributed by atoms with van der Waals surface area (Å²) in [5, 5.41) is 17.1. The summed E-state index contributed by atoms with van der Waals surface area (Å²) in [6, 6.07) is 20.9. The van der Waals surface area contributed by atoms with E-state index in [2.05, 4.69) is 50.8 Å². The predicted molar refractivity (Wildman–Crippen MR) is 294 cm³/mol. The molecule has 0 unspecified atom stereocenters. The van der Waals surface area contributed by atoms with Crippen LogP contribution in [0.3, 0.4) is 0 Å². The van der Waals surface area contributed by atoms with E-state index in [1.165, 1.54) is 28.8 Å². The zero-order valence-corrected chi connectivity index (χ0v) is 45.7. The van der Waals surface area contributed by atoms with Gasteiger partial charge in [-0.05, 0) is 136 Å². The van der Waals surface area contributed by atoms with Gasteiger partial charge < -0.3 is 29.6 Å². The van der Waals surface area contributed by atoms with Crippen LogP contribution >= 0.6 is 19.3 Å². The van der Waals surface area contributed by atoms with E-state index >= 15 is 0 Å². The number of hydrogen-bond donors (Lipinski definition) is 4. The van der Waals surface area contributed by atoms with Gasteiger partial charge in [-0.15, -0.1) is 0 Å². The van der Waals surface area contributed by atoms with Crippen molar-refractivity contribution in [2.45, 2.75) is 78.0 Å². The molecule has 2 saturated heterocycles. The van der Waals surface area contributed by atoms with Crippen molar-refractivity contribution in [3.8, 4) is 5.88 Å². The summed E-state index contributed by atoms with van der Waals surface area (Å²) >= 11 is 6.28. The number of rotatable bonds is 15. The minimum atomic E-state index is -4.65. The number of nitrogens with one attached hydrogen (secondary N) is 3. The molecule has 21 heteroatoms. The Bertz CT molecular complexity index is 3090. The third kappa shape index (κ3) is 12.7. The molecule has 4 N–H and O–H groups in total. The number of esters is 1. The number of nitro groups is 1. The highest BCUT2D eigenvalue weighted by Crippen LogP contribution is 2.60. The molecule has 1 amide bonds. The molecule has 5 heterocycles. The number of fused-ring (bicyclic) bond motifs is 2. The van der Waals surface area contributed by atoms with Crippen molar-refractivity contribution >= 4 is 86.3 Å². The maximum absolute atomic E-state index is 14.5. The number of benzene rings is 3. The average molecular weight is 1090 g/mol. The van der Waals surface area contributed by atoms with E-state index in [0.717, 1.165) is 74.1 Å². The first kappa shape index (κ1) is 54.0. The molecule has 400 valence electrons. The number of allylic oxidation sites excluding steroid dienone is 1. The van der Waals surface area contributed by atoms with Gasteiger partial charge in [0, 0.05) is 74.2 Å². The number of pyridine rings is 1. The smallest absolute Gasteiger partial charge is 0.313 e. The Kier molecular flexibility index (Phi) is 15.9. The maximum atomic E-state index is 14.5. The molecule has 5 aromatic rings. The maximum Gasteiger partial charge on any atom is 0.313 e. The lowest BCUT2D eigenvalue weighted by molar-refractivity contribution is -0.384. The Morgan fingerprint density at radius 3 is 2.47 bits per heavy atom. The number of halogens is 1. The molecule has 0 radical (unpaired) electrons. The lowest BCUT2D eigenvalue weighted by Gasteiger charge is -2.39. The Labute approximate surface area is 443 Å². The van der Waals surface area contributed by atoms with E-state index in [1.54, 1.807) is 33.0 Å². The van der Waals surface area contributed by atoms with Gasteiger partial charge in [-0.3, -0.25) is 24.6 Å². The van der Waals surface area contributed by atoms with Gasteiger partial charge in [0.1, 0.15) is 29.3 Å². The summed E-state index contributed by atoms with van der Waals surface area (Å²) in [5.74, 6) is -0.948. The number of sulfonamides is 1. The molecular weight excluding hydrogens is 1020 g/mol. The number of carbonyl (C=O) groups excluding carboxylic acids is 2. The normalized spacial score (nSPS) is 20.5. The van der Waals surface area contributed by atoms with Crippen molar-refractivity contribution in [3.63, 3.8) is 0 Å². The van der Waals surface area contributed by atoms with Crippen LogP contribution in [0.2, 0.25) is 5.02 Å². The van der Waals surface area contributed by atoms with Crippen molar-refractivity contribution in [2.75, 3.05) is 86.7 Å². The number of aromatic amines is 1. The number of amides is 1. The third-order valence-electron chi connectivity index (χ3n) is 14.7. The quantitative estimate of drug-likeness (QED) is 0.0252. The Balaban J connectivity index is 0.917. The number of anilines is 4. The summed E-state index contributed by atoms with van der Waals surface area (Å²) in [7, 11) is -7.44. The van der Waals surface area contributed by atoms with Gasteiger partial charge in [0.2, 0.25) is 12.7 Å². The summed E-state index contributed by atoms with van der Waals surface area (Å²) in [4.78, 5) is 63.7.